The molecule has 2 heterocycles. The van der Waals surface area contributed by atoms with E-state index in [1.807, 2.05) is 36.7 Å². The first kappa shape index (κ1) is 15.7. The van der Waals surface area contributed by atoms with E-state index >= 15 is 0 Å². The molecular weight excluding hydrogens is 314 g/mol. The molecule has 0 aliphatic carbocycles. The number of aromatic nitrogens is 2. The van der Waals surface area contributed by atoms with Gasteiger partial charge in [0.25, 0.3) is 0 Å². The number of sulfone groups is 1. The van der Waals surface area contributed by atoms with E-state index in [2.05, 4.69) is 10.4 Å². The SMILES string of the molecule is Cc1cc(C)n(-c2ccc(NC(=O)[C@@H]3CCS(=O)(=O)C3)cc2)n1. The van der Waals surface area contributed by atoms with Gasteiger partial charge in [-0.1, -0.05) is 0 Å². The second-order valence-corrected chi connectivity index (χ2v) is 8.20. The first-order chi connectivity index (χ1) is 10.8. The van der Waals surface area contributed by atoms with Crippen molar-refractivity contribution in [2.75, 3.05) is 16.8 Å². The van der Waals surface area contributed by atoms with E-state index in [1.54, 1.807) is 12.1 Å². The number of nitrogens with one attached hydrogen (secondary N) is 1. The number of hydrogen-bond acceptors (Lipinski definition) is 4. The molecule has 0 bridgehead atoms. The largest absolute Gasteiger partial charge is 0.326 e. The Kier molecular flexibility index (Phi) is 3.97. The van der Waals surface area contributed by atoms with Gasteiger partial charge in [-0.25, -0.2) is 13.1 Å². The van der Waals surface area contributed by atoms with E-state index in [1.165, 1.54) is 0 Å². The van der Waals surface area contributed by atoms with Gasteiger partial charge in [-0.15, -0.1) is 0 Å². The van der Waals surface area contributed by atoms with Gasteiger partial charge in [0.2, 0.25) is 5.91 Å². The Hall–Kier alpha value is -2.15. The second-order valence-electron chi connectivity index (χ2n) is 5.97. The lowest BCUT2D eigenvalue weighted by Gasteiger charge is -2.10. The Morgan fingerprint density at radius 1 is 1.26 bits per heavy atom. The van der Waals surface area contributed by atoms with Crippen LogP contribution in [0.1, 0.15) is 17.8 Å². The Balaban J connectivity index is 1.71. The molecule has 1 amide bonds. The van der Waals surface area contributed by atoms with Crippen molar-refractivity contribution in [2.45, 2.75) is 20.3 Å². The van der Waals surface area contributed by atoms with Gasteiger partial charge in [-0.05, 0) is 50.6 Å². The topological polar surface area (TPSA) is 81.1 Å². The Bertz CT molecular complexity index is 838. The van der Waals surface area contributed by atoms with E-state index in [9.17, 15) is 13.2 Å². The normalized spacial score (nSPS) is 19.7. The summed E-state index contributed by atoms with van der Waals surface area (Å²) in [5.74, 6) is -0.634. The predicted molar refractivity (Wildman–Crippen MR) is 88.4 cm³/mol. The van der Waals surface area contributed by atoms with Crippen LogP contribution in [0.3, 0.4) is 0 Å². The van der Waals surface area contributed by atoms with Crippen molar-refractivity contribution in [1.82, 2.24) is 9.78 Å². The highest BCUT2D eigenvalue weighted by atomic mass is 32.2. The van der Waals surface area contributed by atoms with Crippen LogP contribution in [0.15, 0.2) is 30.3 Å². The molecule has 1 saturated heterocycles. The molecule has 1 N–H and O–H groups in total. The molecule has 0 unspecified atom stereocenters. The van der Waals surface area contributed by atoms with Gasteiger partial charge in [0.1, 0.15) is 0 Å². The lowest BCUT2D eigenvalue weighted by atomic mass is 10.1. The van der Waals surface area contributed by atoms with Gasteiger partial charge >= 0.3 is 0 Å². The first-order valence-corrected chi connectivity index (χ1v) is 9.31. The highest BCUT2D eigenvalue weighted by Gasteiger charge is 2.32. The van der Waals surface area contributed by atoms with Crippen molar-refractivity contribution < 1.29 is 13.2 Å². The molecule has 1 aromatic carbocycles. The van der Waals surface area contributed by atoms with Crippen LogP contribution in [-0.4, -0.2) is 35.6 Å². The molecule has 6 nitrogen and oxygen atoms in total. The van der Waals surface area contributed by atoms with E-state index in [0.717, 1.165) is 17.1 Å². The molecule has 1 aromatic heterocycles. The molecule has 3 rings (SSSR count). The zero-order valence-corrected chi connectivity index (χ0v) is 13.9. The van der Waals surface area contributed by atoms with Gasteiger partial charge < -0.3 is 5.32 Å². The Morgan fingerprint density at radius 3 is 2.48 bits per heavy atom. The number of anilines is 1. The van der Waals surface area contributed by atoms with Crippen LogP contribution in [0.5, 0.6) is 0 Å². The van der Waals surface area contributed by atoms with Crippen LogP contribution in [0.2, 0.25) is 0 Å². The maximum atomic E-state index is 12.1. The molecule has 122 valence electrons. The van der Waals surface area contributed by atoms with E-state index in [-0.39, 0.29) is 17.4 Å². The summed E-state index contributed by atoms with van der Waals surface area (Å²) in [7, 11) is -3.05. The van der Waals surface area contributed by atoms with Gasteiger partial charge in [-0.3, -0.25) is 4.79 Å². The molecule has 7 heteroatoms. The summed E-state index contributed by atoms with van der Waals surface area (Å²) in [5, 5.41) is 7.20. The number of benzene rings is 1. The minimum atomic E-state index is -3.05. The molecule has 1 aliphatic heterocycles. The number of carbonyl (C=O) groups is 1. The van der Waals surface area contributed by atoms with Crippen molar-refractivity contribution in [3.8, 4) is 5.69 Å². The molecule has 0 spiro atoms. The van der Waals surface area contributed by atoms with Crippen LogP contribution in [0.25, 0.3) is 5.69 Å². The van der Waals surface area contributed by atoms with Crippen molar-refractivity contribution >= 4 is 21.4 Å². The minimum Gasteiger partial charge on any atom is -0.326 e. The lowest BCUT2D eigenvalue weighted by molar-refractivity contribution is -0.119. The number of aryl methyl sites for hydroxylation is 2. The molecule has 0 radical (unpaired) electrons. The summed E-state index contributed by atoms with van der Waals surface area (Å²) >= 11 is 0. The van der Waals surface area contributed by atoms with Crippen LogP contribution in [0.4, 0.5) is 5.69 Å². The van der Waals surface area contributed by atoms with Crippen LogP contribution in [0, 0.1) is 19.8 Å². The average molecular weight is 333 g/mol. The molecule has 23 heavy (non-hydrogen) atoms. The van der Waals surface area contributed by atoms with Gasteiger partial charge in [0.05, 0.1) is 28.8 Å². The number of nitrogens with zero attached hydrogens (tertiary/aromatic N) is 2. The quantitative estimate of drug-likeness (QED) is 0.929. The highest BCUT2D eigenvalue weighted by molar-refractivity contribution is 7.91. The van der Waals surface area contributed by atoms with E-state index in [4.69, 9.17) is 0 Å². The molecule has 1 aliphatic rings. The molecule has 0 saturated carbocycles. The van der Waals surface area contributed by atoms with Crippen LogP contribution >= 0.6 is 0 Å². The standard InChI is InChI=1S/C16H19N3O3S/c1-11-9-12(2)19(18-11)15-5-3-14(4-6-15)17-16(20)13-7-8-23(21,22)10-13/h3-6,9,13H,7-8,10H2,1-2H3,(H,17,20)/t13-/m1/s1. The number of carbonyl (C=O) groups excluding carboxylic acids is 1. The maximum absolute atomic E-state index is 12.1. The summed E-state index contributed by atoms with van der Waals surface area (Å²) in [6, 6.07) is 9.34. The smallest absolute Gasteiger partial charge is 0.228 e. The zero-order valence-electron chi connectivity index (χ0n) is 13.1. The maximum Gasteiger partial charge on any atom is 0.228 e. The number of amides is 1. The summed E-state index contributed by atoms with van der Waals surface area (Å²) in [4.78, 5) is 12.1. The van der Waals surface area contributed by atoms with Gasteiger partial charge in [0.15, 0.2) is 9.84 Å². The third kappa shape index (κ3) is 3.44. The fraction of sp³-hybridized carbons (Fsp3) is 0.375. The van der Waals surface area contributed by atoms with Crippen molar-refractivity contribution in [2.24, 2.45) is 5.92 Å². The van der Waals surface area contributed by atoms with E-state index in [0.29, 0.717) is 12.1 Å². The van der Waals surface area contributed by atoms with Crippen molar-refractivity contribution in [1.29, 1.82) is 0 Å². The summed E-state index contributed by atoms with van der Waals surface area (Å²) < 4.78 is 24.7. The predicted octanol–water partition coefficient (Wildman–Crippen LogP) is 1.86. The fourth-order valence-electron chi connectivity index (χ4n) is 2.82. The minimum absolute atomic E-state index is 0.0529. The van der Waals surface area contributed by atoms with Crippen molar-refractivity contribution in [3.05, 3.63) is 41.7 Å². The van der Waals surface area contributed by atoms with E-state index < -0.39 is 15.8 Å². The summed E-state index contributed by atoms with van der Waals surface area (Å²) in [6.07, 6.45) is 0.401. The first-order valence-electron chi connectivity index (χ1n) is 7.49. The molecule has 1 atom stereocenters. The third-order valence-corrected chi connectivity index (χ3v) is 5.76. The zero-order chi connectivity index (χ0) is 16.6. The fourth-order valence-corrected chi connectivity index (χ4v) is 4.56. The van der Waals surface area contributed by atoms with Crippen LogP contribution in [-0.2, 0) is 14.6 Å². The number of hydrogen-bond donors (Lipinski definition) is 1. The summed E-state index contributed by atoms with van der Waals surface area (Å²) in [5.41, 5.74) is 3.55. The average Bonchev–Trinajstić information content (AvgIpc) is 3.01. The van der Waals surface area contributed by atoms with Crippen LogP contribution < -0.4 is 5.32 Å². The third-order valence-electron chi connectivity index (χ3n) is 3.99. The monoisotopic (exact) mass is 333 g/mol. The molecule has 1 fully saturated rings. The highest BCUT2D eigenvalue weighted by Crippen LogP contribution is 2.21. The second kappa shape index (κ2) is 5.81. The van der Waals surface area contributed by atoms with Crippen molar-refractivity contribution in [3.63, 3.8) is 0 Å². The number of rotatable bonds is 3. The Morgan fingerprint density at radius 2 is 1.96 bits per heavy atom. The Labute approximate surface area is 135 Å². The molecular formula is C16H19N3O3S. The molecule has 2 aromatic rings. The van der Waals surface area contributed by atoms with Gasteiger partial charge in [-0.2, -0.15) is 5.10 Å². The van der Waals surface area contributed by atoms with Gasteiger partial charge in [0, 0.05) is 11.4 Å². The summed E-state index contributed by atoms with van der Waals surface area (Å²) in [6.45, 7) is 3.92. The lowest BCUT2D eigenvalue weighted by Crippen LogP contribution is -2.23.